The summed E-state index contributed by atoms with van der Waals surface area (Å²) in [6, 6.07) is 0.318. The molecule has 5 heteroatoms. The highest BCUT2D eigenvalue weighted by Crippen LogP contribution is 2.43. The number of hydrogen-bond acceptors (Lipinski definition) is 3. The third-order valence-corrected chi connectivity index (χ3v) is 4.45. The second-order valence-corrected chi connectivity index (χ2v) is 5.32. The van der Waals surface area contributed by atoms with E-state index in [2.05, 4.69) is 4.99 Å². The first-order valence-electron chi connectivity index (χ1n) is 5.00. The van der Waals surface area contributed by atoms with Gasteiger partial charge in [0.1, 0.15) is 11.4 Å². The van der Waals surface area contributed by atoms with Crippen molar-refractivity contribution in [2.24, 2.45) is 10.7 Å². The minimum Gasteiger partial charge on any atom is -0.385 e. The molecule has 0 bridgehead atoms. The van der Waals surface area contributed by atoms with Crippen molar-refractivity contribution in [3.8, 4) is 0 Å². The summed E-state index contributed by atoms with van der Waals surface area (Å²) in [5.74, 6) is 2.58. The summed E-state index contributed by atoms with van der Waals surface area (Å²) in [7, 11) is 0. The molecule has 1 spiro atoms. The topological polar surface area (TPSA) is 58.7 Å². The van der Waals surface area contributed by atoms with Crippen LogP contribution in [-0.2, 0) is 0 Å². The molecule has 2 aliphatic heterocycles. The summed E-state index contributed by atoms with van der Waals surface area (Å²) in [6.45, 7) is 0. The van der Waals surface area contributed by atoms with Gasteiger partial charge < -0.3 is 10.6 Å². The third kappa shape index (κ3) is 0.960. The number of thioether (sulfide) groups is 1. The van der Waals surface area contributed by atoms with Crippen LogP contribution in [0.4, 0.5) is 4.79 Å². The van der Waals surface area contributed by atoms with Crippen molar-refractivity contribution in [1.82, 2.24) is 4.90 Å². The van der Waals surface area contributed by atoms with Gasteiger partial charge in [-0.1, -0.05) is 0 Å². The number of amidine groups is 1. The molecule has 1 aliphatic carbocycles. The molecule has 14 heavy (non-hydrogen) atoms. The van der Waals surface area contributed by atoms with E-state index in [0.29, 0.717) is 11.9 Å². The average molecular weight is 211 g/mol. The lowest BCUT2D eigenvalue weighted by molar-refractivity contribution is 0.176. The molecule has 0 radical (unpaired) electrons. The molecule has 1 atom stereocenters. The molecule has 2 heterocycles. The summed E-state index contributed by atoms with van der Waals surface area (Å²) in [5, 5.41) is 0. The predicted octanol–water partition coefficient (Wildman–Crippen LogP) is 0.817. The molecule has 0 aromatic heterocycles. The van der Waals surface area contributed by atoms with Crippen LogP contribution in [0.3, 0.4) is 0 Å². The largest absolute Gasteiger partial charge is 0.385 e. The van der Waals surface area contributed by atoms with E-state index in [1.165, 1.54) is 0 Å². The van der Waals surface area contributed by atoms with E-state index in [0.717, 1.165) is 30.8 Å². The zero-order valence-electron chi connectivity index (χ0n) is 7.90. The monoisotopic (exact) mass is 211 g/mol. The molecular formula is C9H13N3OS. The van der Waals surface area contributed by atoms with Gasteiger partial charge in [0.25, 0.3) is 0 Å². The fraction of sp³-hybridized carbons (Fsp3) is 0.778. The molecule has 1 saturated carbocycles. The minimum atomic E-state index is -0.205. The Hall–Kier alpha value is -0.710. The maximum absolute atomic E-state index is 11.7. The molecule has 0 aromatic rings. The number of carbonyl (C=O) groups excluding carboxylic acids is 1. The van der Waals surface area contributed by atoms with Gasteiger partial charge in [-0.15, -0.1) is 0 Å². The summed E-state index contributed by atoms with van der Waals surface area (Å²) in [5.41, 5.74) is 5.69. The average Bonchev–Trinajstić information content (AvgIpc) is 2.77. The van der Waals surface area contributed by atoms with Crippen molar-refractivity contribution in [2.75, 3.05) is 11.5 Å². The van der Waals surface area contributed by atoms with Crippen molar-refractivity contribution >= 4 is 23.6 Å². The summed E-state index contributed by atoms with van der Waals surface area (Å²) in [4.78, 5) is 17.6. The Kier molecular flexibility index (Phi) is 1.63. The predicted molar refractivity (Wildman–Crippen MR) is 56.6 cm³/mol. The molecule has 4 nitrogen and oxygen atoms in total. The highest BCUT2D eigenvalue weighted by Gasteiger charge is 2.55. The molecule has 76 valence electrons. The van der Waals surface area contributed by atoms with Crippen molar-refractivity contribution in [2.45, 2.75) is 30.8 Å². The van der Waals surface area contributed by atoms with Gasteiger partial charge in [0, 0.05) is 11.8 Å². The molecule has 2 N–H and O–H groups in total. The second-order valence-electron chi connectivity index (χ2n) is 4.21. The Morgan fingerprint density at radius 3 is 2.93 bits per heavy atom. The van der Waals surface area contributed by atoms with E-state index in [-0.39, 0.29) is 11.6 Å². The number of hydrogen-bond donors (Lipinski definition) is 1. The van der Waals surface area contributed by atoms with Crippen LogP contribution < -0.4 is 5.73 Å². The van der Waals surface area contributed by atoms with Gasteiger partial charge in [-0.2, -0.15) is 16.8 Å². The number of nitrogens with zero attached hydrogens (tertiary/aromatic N) is 2. The number of amides is 2. The molecule has 3 aliphatic rings. The maximum atomic E-state index is 11.7. The lowest BCUT2D eigenvalue weighted by Gasteiger charge is -2.33. The fourth-order valence-electron chi connectivity index (χ4n) is 2.35. The zero-order valence-corrected chi connectivity index (χ0v) is 8.72. The lowest BCUT2D eigenvalue weighted by atomic mass is 9.96. The molecule has 0 aromatic carbocycles. The third-order valence-electron chi connectivity index (χ3n) is 3.27. The number of aliphatic imine (C=N–C) groups is 1. The Bertz CT molecular complexity index is 318. The van der Waals surface area contributed by atoms with E-state index in [1.54, 1.807) is 0 Å². The van der Waals surface area contributed by atoms with E-state index in [1.807, 2.05) is 16.7 Å². The van der Waals surface area contributed by atoms with Gasteiger partial charge in [-0.3, -0.25) is 0 Å². The van der Waals surface area contributed by atoms with Gasteiger partial charge in [-0.05, 0) is 25.0 Å². The molecule has 2 fully saturated rings. The van der Waals surface area contributed by atoms with Gasteiger partial charge in [0.15, 0.2) is 0 Å². The van der Waals surface area contributed by atoms with Crippen LogP contribution in [0.25, 0.3) is 0 Å². The first-order valence-corrected chi connectivity index (χ1v) is 6.15. The Labute approximate surface area is 86.9 Å². The first-order chi connectivity index (χ1) is 6.74. The molecular weight excluding hydrogens is 198 g/mol. The highest BCUT2D eigenvalue weighted by atomic mass is 32.2. The maximum Gasteiger partial charge on any atom is 0.346 e. The van der Waals surface area contributed by atoms with Crippen molar-refractivity contribution in [3.63, 3.8) is 0 Å². The van der Waals surface area contributed by atoms with Crippen LogP contribution in [0.15, 0.2) is 4.99 Å². The van der Waals surface area contributed by atoms with Gasteiger partial charge in [-0.25, -0.2) is 4.79 Å². The van der Waals surface area contributed by atoms with Crippen LogP contribution >= 0.6 is 11.8 Å². The van der Waals surface area contributed by atoms with E-state index >= 15 is 0 Å². The minimum absolute atomic E-state index is 0.104. The number of urea groups is 1. The first kappa shape index (κ1) is 8.59. The molecule has 1 saturated heterocycles. The second kappa shape index (κ2) is 2.66. The van der Waals surface area contributed by atoms with Gasteiger partial charge in [0.2, 0.25) is 0 Å². The smallest absolute Gasteiger partial charge is 0.346 e. The Balaban J connectivity index is 1.98. The summed E-state index contributed by atoms with van der Waals surface area (Å²) < 4.78 is 0. The zero-order chi connectivity index (χ0) is 9.76. The summed E-state index contributed by atoms with van der Waals surface area (Å²) in [6.07, 6.45) is 3.23. The van der Waals surface area contributed by atoms with Crippen LogP contribution in [-0.4, -0.2) is 39.9 Å². The SMILES string of the molecule is NC1=NC(=O)N(C2CC2)C12CCSC2. The molecule has 2 amide bonds. The quantitative estimate of drug-likeness (QED) is 0.698. The van der Waals surface area contributed by atoms with Crippen molar-refractivity contribution < 1.29 is 4.79 Å². The van der Waals surface area contributed by atoms with E-state index in [4.69, 9.17) is 5.73 Å². The van der Waals surface area contributed by atoms with Crippen LogP contribution in [0, 0.1) is 0 Å². The number of nitrogens with two attached hydrogens (primary N) is 1. The van der Waals surface area contributed by atoms with Gasteiger partial charge in [0.05, 0.1) is 0 Å². The standard InChI is InChI=1S/C9H13N3OS/c10-7-9(3-4-14-5-9)12(6-1-2-6)8(13)11-7/h6H,1-5H2,(H2,10,11,13). The lowest BCUT2D eigenvalue weighted by Crippen LogP contribution is -2.55. The van der Waals surface area contributed by atoms with Crippen molar-refractivity contribution in [1.29, 1.82) is 0 Å². The van der Waals surface area contributed by atoms with Crippen LogP contribution in [0.5, 0.6) is 0 Å². The van der Waals surface area contributed by atoms with E-state index < -0.39 is 0 Å². The highest BCUT2D eigenvalue weighted by molar-refractivity contribution is 7.99. The van der Waals surface area contributed by atoms with Crippen molar-refractivity contribution in [3.05, 3.63) is 0 Å². The Morgan fingerprint density at radius 1 is 1.57 bits per heavy atom. The number of rotatable bonds is 1. The van der Waals surface area contributed by atoms with Crippen LogP contribution in [0.1, 0.15) is 19.3 Å². The van der Waals surface area contributed by atoms with E-state index in [9.17, 15) is 4.79 Å². The summed E-state index contributed by atoms with van der Waals surface area (Å²) >= 11 is 1.87. The molecule has 1 unspecified atom stereocenters. The Morgan fingerprint density at radius 2 is 2.36 bits per heavy atom. The fourth-order valence-corrected chi connectivity index (χ4v) is 3.75. The van der Waals surface area contributed by atoms with Crippen LogP contribution in [0.2, 0.25) is 0 Å². The normalized spacial score (nSPS) is 37.0. The van der Waals surface area contributed by atoms with Gasteiger partial charge >= 0.3 is 6.03 Å². The molecule has 3 rings (SSSR count). The number of carbonyl (C=O) groups is 1.